The summed E-state index contributed by atoms with van der Waals surface area (Å²) in [4.78, 5) is 51.5. The number of aliphatic carboxylic acids is 1. The highest BCUT2D eigenvalue weighted by molar-refractivity contribution is 8.00. The van der Waals surface area contributed by atoms with Crippen LogP contribution in [-0.4, -0.2) is 56.7 Å². The second kappa shape index (κ2) is 9.18. The summed E-state index contributed by atoms with van der Waals surface area (Å²) in [5.74, 6) is -0.0356. The molecule has 3 heterocycles. The topological polar surface area (TPSA) is 125 Å². The Morgan fingerprint density at radius 1 is 1.18 bits per heavy atom. The molecule has 0 spiro atoms. The van der Waals surface area contributed by atoms with Crippen molar-refractivity contribution < 1.29 is 29.0 Å². The Morgan fingerprint density at radius 3 is 2.56 bits per heavy atom. The molecule has 0 saturated carbocycles. The lowest BCUT2D eigenvalue weighted by Gasteiger charge is -2.49. The molecular weight excluding hydrogens is 478 g/mol. The lowest BCUT2D eigenvalue weighted by Crippen LogP contribution is -2.71. The lowest BCUT2D eigenvalue weighted by atomic mass is 9.99. The third kappa shape index (κ3) is 4.76. The number of carbonyl (C=O) groups excluding carboxylic acids is 3. The van der Waals surface area contributed by atoms with E-state index in [4.69, 9.17) is 4.74 Å². The highest BCUT2D eigenvalue weighted by atomic mass is 32.2. The predicted octanol–water partition coefficient (Wildman–Crippen LogP) is 2.76. The van der Waals surface area contributed by atoms with Gasteiger partial charge in [-0.25, -0.2) is 9.59 Å². The summed E-state index contributed by atoms with van der Waals surface area (Å²) in [6.07, 6.45) is -0.747. The number of β-lactam (4-membered cyclic amide) rings is 1. The van der Waals surface area contributed by atoms with E-state index >= 15 is 0 Å². The summed E-state index contributed by atoms with van der Waals surface area (Å²) in [6.45, 7) is 6.86. The number of alkyl carbamates (subject to hydrolysis) is 1. The van der Waals surface area contributed by atoms with Gasteiger partial charge < -0.3 is 20.5 Å². The van der Waals surface area contributed by atoms with E-state index in [0.29, 0.717) is 16.9 Å². The van der Waals surface area contributed by atoms with Gasteiger partial charge in [0.05, 0.1) is 0 Å². The molecule has 182 valence electrons. The number of ether oxygens (including phenoxy) is 1. The van der Waals surface area contributed by atoms with Crippen LogP contribution in [0.3, 0.4) is 0 Å². The van der Waals surface area contributed by atoms with Crippen molar-refractivity contribution in [2.45, 2.75) is 62.3 Å². The standard InChI is InChI=1S/C23H27N3O6S2/c1-11-8-34-20-16(19(28)26(20)17(11)21(29)30)24-18(27)15(25-22(31)32-23(2,3)4)12-5-6-13-9-33-10-14(13)7-12/h5-7,15-16,20H,8-10H2,1-4H3,(H,24,27)(H,25,31)(H,29,30). The first kappa shape index (κ1) is 24.5. The molecule has 4 rings (SSSR count). The molecule has 34 heavy (non-hydrogen) atoms. The van der Waals surface area contributed by atoms with Crippen molar-refractivity contribution in [3.63, 3.8) is 0 Å². The second-order valence-corrected chi connectivity index (χ2v) is 11.5. The molecule has 3 N–H and O–H groups in total. The van der Waals surface area contributed by atoms with Gasteiger partial charge in [0.25, 0.3) is 5.91 Å². The number of nitrogens with one attached hydrogen (secondary N) is 2. The maximum absolute atomic E-state index is 13.4. The number of benzene rings is 1. The highest BCUT2D eigenvalue weighted by Crippen LogP contribution is 2.40. The molecule has 3 unspecified atom stereocenters. The SMILES string of the molecule is CC1=C(C(=O)O)N2C(=O)C(NC(=O)C(NC(=O)OC(C)(C)C)c3ccc4c(c3)CSC4)C2SC1. The van der Waals surface area contributed by atoms with Crippen molar-refractivity contribution in [2.75, 3.05) is 5.75 Å². The molecule has 11 heteroatoms. The predicted molar refractivity (Wildman–Crippen MR) is 129 cm³/mol. The Balaban J connectivity index is 1.55. The molecule has 9 nitrogen and oxygen atoms in total. The molecule has 1 fully saturated rings. The van der Waals surface area contributed by atoms with Gasteiger partial charge in [-0.15, -0.1) is 11.8 Å². The number of carboxylic acid groups (broad SMARTS) is 1. The van der Waals surface area contributed by atoms with E-state index in [2.05, 4.69) is 10.6 Å². The summed E-state index contributed by atoms with van der Waals surface area (Å²) < 4.78 is 5.35. The number of nitrogens with zero attached hydrogens (tertiary/aromatic N) is 1. The fraction of sp³-hybridized carbons (Fsp3) is 0.478. The van der Waals surface area contributed by atoms with Gasteiger partial charge in [0.1, 0.15) is 28.8 Å². The van der Waals surface area contributed by atoms with Crippen LogP contribution >= 0.6 is 23.5 Å². The molecule has 0 radical (unpaired) electrons. The quantitative estimate of drug-likeness (QED) is 0.522. The molecule has 3 amide bonds. The smallest absolute Gasteiger partial charge is 0.408 e. The number of hydrogen-bond donors (Lipinski definition) is 3. The van der Waals surface area contributed by atoms with Crippen LogP contribution in [0.4, 0.5) is 4.79 Å². The van der Waals surface area contributed by atoms with Gasteiger partial charge in [-0.3, -0.25) is 14.5 Å². The van der Waals surface area contributed by atoms with E-state index < -0.39 is 46.9 Å². The van der Waals surface area contributed by atoms with E-state index in [1.165, 1.54) is 22.2 Å². The number of thioether (sulfide) groups is 2. The van der Waals surface area contributed by atoms with E-state index in [-0.39, 0.29) is 5.70 Å². The van der Waals surface area contributed by atoms with Crippen LogP contribution in [0.25, 0.3) is 0 Å². The zero-order chi connectivity index (χ0) is 24.8. The zero-order valence-electron chi connectivity index (χ0n) is 19.3. The van der Waals surface area contributed by atoms with Gasteiger partial charge in [-0.2, -0.15) is 11.8 Å². The summed E-state index contributed by atoms with van der Waals surface area (Å²) in [7, 11) is 0. The van der Waals surface area contributed by atoms with E-state index in [1.54, 1.807) is 45.5 Å². The van der Waals surface area contributed by atoms with Crippen molar-refractivity contribution in [3.05, 3.63) is 46.2 Å². The van der Waals surface area contributed by atoms with Crippen molar-refractivity contribution >= 4 is 47.4 Å². The molecule has 3 aliphatic heterocycles. The Hall–Kier alpha value is -2.66. The molecule has 1 aromatic carbocycles. The number of rotatable bonds is 5. The maximum Gasteiger partial charge on any atom is 0.408 e. The van der Waals surface area contributed by atoms with Crippen molar-refractivity contribution in [1.82, 2.24) is 15.5 Å². The Kier molecular flexibility index (Phi) is 6.61. The minimum absolute atomic E-state index is 0.0289. The normalized spacial score (nSPS) is 22.4. The molecule has 1 aromatic rings. The lowest BCUT2D eigenvalue weighted by molar-refractivity contribution is -0.151. The van der Waals surface area contributed by atoms with E-state index in [0.717, 1.165) is 17.1 Å². The van der Waals surface area contributed by atoms with Crippen LogP contribution in [0.5, 0.6) is 0 Å². The van der Waals surface area contributed by atoms with Crippen molar-refractivity contribution in [1.29, 1.82) is 0 Å². The second-order valence-electron chi connectivity index (χ2n) is 9.43. The molecule has 3 aliphatic rings. The summed E-state index contributed by atoms with van der Waals surface area (Å²) in [5, 5.41) is 14.4. The van der Waals surface area contributed by atoms with Gasteiger partial charge in [0, 0.05) is 17.3 Å². The fourth-order valence-electron chi connectivity index (χ4n) is 4.11. The number of fused-ring (bicyclic) bond motifs is 2. The minimum atomic E-state index is -1.17. The number of hydrogen-bond acceptors (Lipinski definition) is 7. The maximum atomic E-state index is 13.4. The van der Waals surface area contributed by atoms with Crippen LogP contribution in [0, 0.1) is 0 Å². The van der Waals surface area contributed by atoms with Gasteiger partial charge in [0.15, 0.2) is 0 Å². The first-order chi connectivity index (χ1) is 16.0. The van der Waals surface area contributed by atoms with E-state index in [9.17, 15) is 24.3 Å². The number of amides is 3. The van der Waals surface area contributed by atoms with Gasteiger partial charge in [-0.1, -0.05) is 18.2 Å². The van der Waals surface area contributed by atoms with Crippen LogP contribution < -0.4 is 10.6 Å². The third-order valence-corrected chi connectivity index (χ3v) is 8.12. The first-order valence-electron chi connectivity index (χ1n) is 10.8. The molecular formula is C23H27N3O6S2. The summed E-state index contributed by atoms with van der Waals surface area (Å²) >= 11 is 3.17. The molecule has 0 aliphatic carbocycles. The molecule has 0 bridgehead atoms. The minimum Gasteiger partial charge on any atom is -0.477 e. The van der Waals surface area contributed by atoms with Gasteiger partial charge in [-0.05, 0) is 50.0 Å². The largest absolute Gasteiger partial charge is 0.477 e. The number of carbonyl (C=O) groups is 4. The van der Waals surface area contributed by atoms with Crippen molar-refractivity contribution in [3.8, 4) is 0 Å². The van der Waals surface area contributed by atoms with Crippen LogP contribution in [0.2, 0.25) is 0 Å². The van der Waals surface area contributed by atoms with Crippen LogP contribution in [0.1, 0.15) is 50.4 Å². The average Bonchev–Trinajstić information content (AvgIpc) is 3.21. The Morgan fingerprint density at radius 2 is 1.88 bits per heavy atom. The summed E-state index contributed by atoms with van der Waals surface area (Å²) in [6, 6.07) is 3.69. The molecule has 0 aromatic heterocycles. The molecule has 3 atom stereocenters. The van der Waals surface area contributed by atoms with Crippen LogP contribution in [0.15, 0.2) is 29.5 Å². The average molecular weight is 506 g/mol. The van der Waals surface area contributed by atoms with Gasteiger partial charge >= 0.3 is 12.1 Å². The monoisotopic (exact) mass is 505 g/mol. The number of carboxylic acids is 1. The summed E-state index contributed by atoms with van der Waals surface area (Å²) in [5.41, 5.74) is 2.71. The Labute approximate surface area is 206 Å². The van der Waals surface area contributed by atoms with Crippen LogP contribution in [-0.2, 0) is 30.6 Å². The van der Waals surface area contributed by atoms with Gasteiger partial charge in [0.2, 0.25) is 5.91 Å². The highest BCUT2D eigenvalue weighted by Gasteiger charge is 2.54. The zero-order valence-corrected chi connectivity index (χ0v) is 21.0. The molecule has 1 saturated heterocycles. The van der Waals surface area contributed by atoms with Crippen molar-refractivity contribution in [2.24, 2.45) is 0 Å². The van der Waals surface area contributed by atoms with E-state index in [1.807, 2.05) is 12.1 Å². The fourth-order valence-corrected chi connectivity index (χ4v) is 6.49. The first-order valence-corrected chi connectivity index (χ1v) is 13.0. The third-order valence-electron chi connectivity index (χ3n) is 5.66. The Bertz CT molecular complexity index is 1100.